The zero-order valence-electron chi connectivity index (χ0n) is 11.6. The lowest BCUT2D eigenvalue weighted by Crippen LogP contribution is -2.41. The molecule has 0 bridgehead atoms. The molecule has 6 nitrogen and oxygen atoms in total. The fraction of sp³-hybridized carbons (Fsp3) is 0.333. The van der Waals surface area contributed by atoms with E-state index in [-0.39, 0.29) is 18.7 Å². The van der Waals surface area contributed by atoms with Crippen molar-refractivity contribution in [3.05, 3.63) is 36.0 Å². The zero-order valence-corrected chi connectivity index (χ0v) is 11.6. The molecule has 0 radical (unpaired) electrons. The van der Waals surface area contributed by atoms with Gasteiger partial charge in [-0.15, -0.1) is 0 Å². The third-order valence-electron chi connectivity index (χ3n) is 3.29. The van der Waals surface area contributed by atoms with E-state index in [4.69, 9.17) is 10.8 Å². The number of carboxylic acid groups (broad SMARTS) is 1. The van der Waals surface area contributed by atoms with Gasteiger partial charge in [-0.3, -0.25) is 9.59 Å². The first-order valence-electron chi connectivity index (χ1n) is 6.88. The lowest BCUT2D eigenvalue weighted by Gasteiger charge is -2.10. The molecule has 5 N–H and O–H groups in total. The van der Waals surface area contributed by atoms with Crippen LogP contribution in [0.1, 0.15) is 18.5 Å². The number of aliphatic carboxylic acids is 1. The van der Waals surface area contributed by atoms with Gasteiger partial charge in [0.2, 0.25) is 5.91 Å². The molecule has 1 aromatic heterocycles. The maximum Gasteiger partial charge on any atom is 0.303 e. The van der Waals surface area contributed by atoms with Crippen molar-refractivity contribution in [2.75, 3.05) is 6.54 Å². The number of aromatic amines is 1. The van der Waals surface area contributed by atoms with Gasteiger partial charge in [-0.05, 0) is 23.9 Å². The minimum Gasteiger partial charge on any atom is -0.481 e. The Kier molecular flexibility index (Phi) is 4.94. The van der Waals surface area contributed by atoms with E-state index >= 15 is 0 Å². The molecular formula is C15H19N3O3. The largest absolute Gasteiger partial charge is 0.481 e. The van der Waals surface area contributed by atoms with Gasteiger partial charge in [-0.1, -0.05) is 18.2 Å². The summed E-state index contributed by atoms with van der Waals surface area (Å²) in [6, 6.07) is 9.24. The van der Waals surface area contributed by atoms with Gasteiger partial charge in [0.25, 0.3) is 0 Å². The molecule has 0 fully saturated rings. The van der Waals surface area contributed by atoms with E-state index in [0.717, 1.165) is 16.6 Å². The van der Waals surface area contributed by atoms with E-state index in [1.807, 2.05) is 30.3 Å². The molecule has 1 amide bonds. The van der Waals surface area contributed by atoms with Crippen LogP contribution in [0.25, 0.3) is 10.9 Å². The third kappa shape index (κ3) is 4.32. The summed E-state index contributed by atoms with van der Waals surface area (Å²) in [4.78, 5) is 25.4. The maximum atomic E-state index is 11.7. The SMILES string of the molecule is N[C@@H](CCC(=O)O)C(=O)NCCc1cc2ccccc2[nH]1. The van der Waals surface area contributed by atoms with E-state index < -0.39 is 12.0 Å². The van der Waals surface area contributed by atoms with Crippen molar-refractivity contribution in [2.24, 2.45) is 5.73 Å². The Morgan fingerprint density at radius 3 is 2.81 bits per heavy atom. The number of nitrogens with two attached hydrogens (primary N) is 1. The normalized spacial score (nSPS) is 12.2. The molecule has 2 rings (SSSR count). The molecule has 0 unspecified atom stereocenters. The summed E-state index contributed by atoms with van der Waals surface area (Å²) < 4.78 is 0. The number of amides is 1. The molecule has 1 aromatic carbocycles. The van der Waals surface area contributed by atoms with E-state index in [1.165, 1.54) is 0 Å². The molecular weight excluding hydrogens is 270 g/mol. The molecule has 112 valence electrons. The van der Waals surface area contributed by atoms with Gasteiger partial charge >= 0.3 is 5.97 Å². The standard InChI is InChI=1S/C15H19N3O3/c16-12(5-6-14(19)20)15(21)17-8-7-11-9-10-3-1-2-4-13(10)18-11/h1-4,9,12,18H,5-8,16H2,(H,17,21)(H,19,20)/t12-/m0/s1. The maximum absolute atomic E-state index is 11.7. The summed E-state index contributed by atoms with van der Waals surface area (Å²) in [7, 11) is 0. The molecule has 0 spiro atoms. The highest BCUT2D eigenvalue weighted by atomic mass is 16.4. The van der Waals surface area contributed by atoms with Gasteiger partial charge in [0.05, 0.1) is 6.04 Å². The highest BCUT2D eigenvalue weighted by molar-refractivity contribution is 5.82. The van der Waals surface area contributed by atoms with Gasteiger partial charge < -0.3 is 21.1 Å². The van der Waals surface area contributed by atoms with Crippen molar-refractivity contribution >= 4 is 22.8 Å². The molecule has 0 saturated heterocycles. The monoisotopic (exact) mass is 289 g/mol. The first-order valence-corrected chi connectivity index (χ1v) is 6.88. The van der Waals surface area contributed by atoms with Crippen LogP contribution in [-0.2, 0) is 16.0 Å². The Bertz CT molecular complexity index is 603. The molecule has 1 atom stereocenters. The summed E-state index contributed by atoms with van der Waals surface area (Å²) in [5.74, 6) is -1.26. The summed E-state index contributed by atoms with van der Waals surface area (Å²) in [5.41, 5.74) is 7.73. The van der Waals surface area contributed by atoms with Gasteiger partial charge in [-0.2, -0.15) is 0 Å². The van der Waals surface area contributed by atoms with Gasteiger partial charge in [-0.25, -0.2) is 0 Å². The predicted molar refractivity (Wildman–Crippen MR) is 79.9 cm³/mol. The number of fused-ring (bicyclic) bond motifs is 1. The number of H-pyrrole nitrogens is 1. The second-order valence-electron chi connectivity index (χ2n) is 4.96. The number of carbonyl (C=O) groups is 2. The highest BCUT2D eigenvalue weighted by Gasteiger charge is 2.14. The first-order chi connectivity index (χ1) is 10.1. The van der Waals surface area contributed by atoms with Crippen molar-refractivity contribution < 1.29 is 14.7 Å². The molecule has 6 heteroatoms. The average Bonchev–Trinajstić information content (AvgIpc) is 2.87. The zero-order chi connectivity index (χ0) is 15.2. The Hall–Kier alpha value is -2.34. The van der Waals surface area contributed by atoms with Crippen LogP contribution in [0.15, 0.2) is 30.3 Å². The lowest BCUT2D eigenvalue weighted by molar-refractivity contribution is -0.137. The Labute approximate surface area is 122 Å². The highest BCUT2D eigenvalue weighted by Crippen LogP contribution is 2.14. The summed E-state index contributed by atoms with van der Waals surface area (Å²) in [6.07, 6.45) is 0.718. The number of benzene rings is 1. The van der Waals surface area contributed by atoms with Crippen LogP contribution in [0, 0.1) is 0 Å². The average molecular weight is 289 g/mol. The number of para-hydroxylation sites is 1. The van der Waals surface area contributed by atoms with Crippen molar-refractivity contribution in [3.63, 3.8) is 0 Å². The van der Waals surface area contributed by atoms with Crippen LogP contribution < -0.4 is 11.1 Å². The fourth-order valence-electron chi connectivity index (χ4n) is 2.13. The van der Waals surface area contributed by atoms with Crippen molar-refractivity contribution in [2.45, 2.75) is 25.3 Å². The number of carboxylic acids is 1. The minimum absolute atomic E-state index is 0.101. The van der Waals surface area contributed by atoms with Crippen molar-refractivity contribution in [1.82, 2.24) is 10.3 Å². The van der Waals surface area contributed by atoms with Crippen molar-refractivity contribution in [1.29, 1.82) is 0 Å². The van der Waals surface area contributed by atoms with Crippen LogP contribution in [-0.4, -0.2) is 34.6 Å². The second kappa shape index (κ2) is 6.90. The first kappa shape index (κ1) is 15.1. The molecule has 1 heterocycles. The number of rotatable bonds is 7. The molecule has 2 aromatic rings. The van der Waals surface area contributed by atoms with Crippen LogP contribution in [0.2, 0.25) is 0 Å². The molecule has 0 aliphatic rings. The predicted octanol–water partition coefficient (Wildman–Crippen LogP) is 1.02. The van der Waals surface area contributed by atoms with Crippen LogP contribution in [0.3, 0.4) is 0 Å². The molecule has 0 saturated carbocycles. The van der Waals surface area contributed by atoms with E-state index in [1.54, 1.807) is 0 Å². The number of hydrogen-bond donors (Lipinski definition) is 4. The number of hydrogen-bond acceptors (Lipinski definition) is 3. The Balaban J connectivity index is 1.78. The van der Waals surface area contributed by atoms with Gasteiger partial charge in [0, 0.05) is 30.6 Å². The third-order valence-corrected chi connectivity index (χ3v) is 3.29. The quantitative estimate of drug-likeness (QED) is 0.610. The van der Waals surface area contributed by atoms with E-state index in [9.17, 15) is 9.59 Å². The fourth-order valence-corrected chi connectivity index (χ4v) is 2.13. The van der Waals surface area contributed by atoms with E-state index in [2.05, 4.69) is 10.3 Å². The molecule has 21 heavy (non-hydrogen) atoms. The smallest absolute Gasteiger partial charge is 0.303 e. The lowest BCUT2D eigenvalue weighted by atomic mass is 10.1. The van der Waals surface area contributed by atoms with Crippen LogP contribution >= 0.6 is 0 Å². The number of nitrogens with one attached hydrogen (secondary N) is 2. The number of carbonyl (C=O) groups excluding carboxylic acids is 1. The Morgan fingerprint density at radius 2 is 2.10 bits per heavy atom. The van der Waals surface area contributed by atoms with Gasteiger partial charge in [0.15, 0.2) is 0 Å². The number of aromatic nitrogens is 1. The summed E-state index contributed by atoms with van der Waals surface area (Å²) in [5, 5.41) is 12.4. The van der Waals surface area contributed by atoms with Crippen LogP contribution in [0.5, 0.6) is 0 Å². The van der Waals surface area contributed by atoms with E-state index in [0.29, 0.717) is 13.0 Å². The summed E-state index contributed by atoms with van der Waals surface area (Å²) >= 11 is 0. The molecule has 0 aliphatic heterocycles. The van der Waals surface area contributed by atoms with Crippen molar-refractivity contribution in [3.8, 4) is 0 Å². The minimum atomic E-state index is -0.948. The topological polar surface area (TPSA) is 108 Å². The summed E-state index contributed by atoms with van der Waals surface area (Å²) in [6.45, 7) is 0.465. The van der Waals surface area contributed by atoms with Gasteiger partial charge in [0.1, 0.15) is 0 Å². The molecule has 0 aliphatic carbocycles. The van der Waals surface area contributed by atoms with Crippen LogP contribution in [0.4, 0.5) is 0 Å². The Morgan fingerprint density at radius 1 is 1.33 bits per heavy atom. The second-order valence-corrected chi connectivity index (χ2v) is 4.96.